The highest BCUT2D eigenvalue weighted by Crippen LogP contribution is 2.35. The molecule has 1 amide bonds. The zero-order chi connectivity index (χ0) is 23.3. The van der Waals surface area contributed by atoms with E-state index in [9.17, 15) is 18.0 Å². The Balaban J connectivity index is 1.74. The number of hydrogen-bond acceptors (Lipinski definition) is 6. The maximum absolute atomic E-state index is 12.9. The Morgan fingerprint density at radius 2 is 1.84 bits per heavy atom. The summed E-state index contributed by atoms with van der Waals surface area (Å²) in [7, 11) is 1.44. The van der Waals surface area contributed by atoms with Crippen molar-refractivity contribution in [2.75, 3.05) is 22.6 Å². The zero-order valence-corrected chi connectivity index (χ0v) is 18.0. The van der Waals surface area contributed by atoms with E-state index in [1.807, 2.05) is 5.48 Å². The second-order valence-electron chi connectivity index (χ2n) is 6.41. The number of carbonyl (C=O) groups is 1. The van der Waals surface area contributed by atoms with Crippen molar-refractivity contribution in [2.45, 2.75) is 11.1 Å². The van der Waals surface area contributed by atoms with Crippen molar-refractivity contribution in [1.82, 2.24) is 0 Å². The van der Waals surface area contributed by atoms with Crippen molar-refractivity contribution in [3.05, 3.63) is 76.8 Å². The van der Waals surface area contributed by atoms with Gasteiger partial charge in [0.25, 0.3) is 5.91 Å². The maximum atomic E-state index is 12.9. The monoisotopic (exact) mass is 483 g/mol. The maximum Gasteiger partial charge on any atom is 0.416 e. The molecular formula is C21H17ClF3N3O3S. The average molecular weight is 484 g/mol. The first-order chi connectivity index (χ1) is 15.2. The highest BCUT2D eigenvalue weighted by atomic mass is 35.5. The highest BCUT2D eigenvalue weighted by molar-refractivity contribution is 8.00. The molecule has 0 bridgehead atoms. The number of carbonyl (C=O) groups excluding carboxylic acids is 1. The third-order valence-corrected chi connectivity index (χ3v) is 5.39. The lowest BCUT2D eigenvalue weighted by Crippen LogP contribution is -2.13. The van der Waals surface area contributed by atoms with E-state index in [0.29, 0.717) is 27.6 Å². The van der Waals surface area contributed by atoms with E-state index in [0.717, 1.165) is 24.1 Å². The second-order valence-corrected chi connectivity index (χ2v) is 7.69. The summed E-state index contributed by atoms with van der Waals surface area (Å²) in [6, 6.07) is 14.1. The Kier molecular flexibility index (Phi) is 7.39. The molecule has 0 saturated heterocycles. The summed E-state index contributed by atoms with van der Waals surface area (Å²) in [6.07, 6.45) is -4.49. The topological polar surface area (TPSA) is 82.6 Å². The molecule has 0 heterocycles. The van der Waals surface area contributed by atoms with Crippen molar-refractivity contribution in [3.8, 4) is 5.75 Å². The number of hydrogen-bond donors (Lipinski definition) is 4. The molecular weight excluding hydrogens is 467 g/mol. The number of amides is 1. The van der Waals surface area contributed by atoms with Crippen LogP contribution in [0.15, 0.2) is 65.6 Å². The number of ether oxygens (including phenoxy) is 1. The van der Waals surface area contributed by atoms with Crippen LogP contribution in [0.1, 0.15) is 15.9 Å². The van der Waals surface area contributed by atoms with Gasteiger partial charge in [0.05, 0.1) is 34.8 Å². The van der Waals surface area contributed by atoms with Crippen LogP contribution < -0.4 is 20.3 Å². The van der Waals surface area contributed by atoms with Crippen LogP contribution in [0, 0.1) is 0 Å². The van der Waals surface area contributed by atoms with Gasteiger partial charge in [-0.15, -0.1) is 0 Å². The number of rotatable bonds is 7. The van der Waals surface area contributed by atoms with Crippen LogP contribution in [-0.2, 0) is 6.18 Å². The molecule has 168 valence electrons. The highest BCUT2D eigenvalue weighted by Gasteiger charge is 2.31. The van der Waals surface area contributed by atoms with Gasteiger partial charge >= 0.3 is 6.18 Å². The summed E-state index contributed by atoms with van der Waals surface area (Å²) in [4.78, 5) is 13.3. The Labute approximate surface area is 190 Å². The number of benzene rings is 3. The van der Waals surface area contributed by atoms with Crippen LogP contribution in [-0.4, -0.2) is 18.2 Å². The Hall–Kier alpha value is -3.08. The van der Waals surface area contributed by atoms with E-state index in [-0.39, 0.29) is 10.7 Å². The molecule has 3 rings (SSSR count). The lowest BCUT2D eigenvalue weighted by molar-refractivity contribution is -0.137. The van der Waals surface area contributed by atoms with Gasteiger partial charge in [-0.05, 0) is 66.5 Å². The van der Waals surface area contributed by atoms with E-state index >= 15 is 0 Å². The minimum Gasteiger partial charge on any atom is -0.495 e. The summed E-state index contributed by atoms with van der Waals surface area (Å²) in [6.45, 7) is 0. The van der Waals surface area contributed by atoms with Gasteiger partial charge in [0.1, 0.15) is 5.75 Å². The third-order valence-electron chi connectivity index (χ3n) is 4.25. The van der Waals surface area contributed by atoms with E-state index < -0.39 is 17.6 Å². The van der Waals surface area contributed by atoms with E-state index in [4.69, 9.17) is 21.5 Å². The minimum atomic E-state index is -4.49. The Bertz CT molecular complexity index is 1130. The quantitative estimate of drug-likeness (QED) is 0.225. The first kappa shape index (κ1) is 23.6. The molecule has 0 aliphatic carbocycles. The van der Waals surface area contributed by atoms with Crippen LogP contribution in [0.3, 0.4) is 0 Å². The number of methoxy groups -OCH3 is 1. The molecule has 0 atom stereocenters. The fraction of sp³-hybridized carbons (Fsp3) is 0.0952. The normalized spacial score (nSPS) is 11.1. The van der Waals surface area contributed by atoms with Crippen molar-refractivity contribution >= 4 is 46.5 Å². The summed E-state index contributed by atoms with van der Waals surface area (Å²) < 4.78 is 46.8. The van der Waals surface area contributed by atoms with Gasteiger partial charge < -0.3 is 14.8 Å². The number of alkyl halides is 3. The second kappa shape index (κ2) is 10.0. The summed E-state index contributed by atoms with van der Waals surface area (Å²) in [5.74, 6) is -0.0540. The van der Waals surface area contributed by atoms with Crippen molar-refractivity contribution in [1.29, 1.82) is 0 Å². The molecule has 0 aromatic heterocycles. The van der Waals surface area contributed by atoms with E-state index in [1.54, 1.807) is 36.4 Å². The standard InChI is InChI=1S/C21H17ClF3N3O3S/c1-31-19-8-6-14(27-30)11-18(19)26-20(29)12-3-2-4-15(9-12)32-28-17-10-13(21(23,24)25)5-7-16(17)22/h2-11,27-28,30H,1H3,(H,26,29). The minimum absolute atomic E-state index is 0.0967. The Morgan fingerprint density at radius 1 is 1.06 bits per heavy atom. The van der Waals surface area contributed by atoms with Gasteiger partial charge in [-0.25, -0.2) is 0 Å². The molecule has 32 heavy (non-hydrogen) atoms. The fourth-order valence-electron chi connectivity index (χ4n) is 2.66. The molecule has 6 nitrogen and oxygen atoms in total. The molecule has 0 radical (unpaired) electrons. The molecule has 0 spiro atoms. The molecule has 0 aliphatic rings. The molecule has 3 aromatic rings. The predicted octanol–water partition coefficient (Wildman–Crippen LogP) is 6.54. The first-order valence-electron chi connectivity index (χ1n) is 9.00. The van der Waals surface area contributed by atoms with E-state index in [2.05, 4.69) is 10.0 Å². The lowest BCUT2D eigenvalue weighted by atomic mass is 10.2. The van der Waals surface area contributed by atoms with Crippen LogP contribution >= 0.6 is 23.5 Å². The zero-order valence-electron chi connectivity index (χ0n) is 16.5. The molecule has 0 unspecified atom stereocenters. The van der Waals surface area contributed by atoms with Gasteiger partial charge in [-0.2, -0.15) is 13.2 Å². The molecule has 0 fully saturated rings. The van der Waals surface area contributed by atoms with Crippen LogP contribution in [0.25, 0.3) is 0 Å². The van der Waals surface area contributed by atoms with Crippen LogP contribution in [0.2, 0.25) is 5.02 Å². The van der Waals surface area contributed by atoms with Gasteiger partial charge in [-0.1, -0.05) is 17.7 Å². The Morgan fingerprint density at radius 3 is 2.53 bits per heavy atom. The molecule has 0 saturated carbocycles. The first-order valence-corrected chi connectivity index (χ1v) is 10.2. The number of halogens is 4. The smallest absolute Gasteiger partial charge is 0.416 e. The lowest BCUT2D eigenvalue weighted by Gasteiger charge is -2.13. The SMILES string of the molecule is COc1ccc(NO)cc1NC(=O)c1cccc(SNc2cc(C(F)(F)F)ccc2Cl)c1. The van der Waals surface area contributed by atoms with Crippen LogP contribution in [0.4, 0.5) is 30.2 Å². The third kappa shape index (κ3) is 5.78. The summed E-state index contributed by atoms with van der Waals surface area (Å²) >= 11 is 7.00. The van der Waals surface area contributed by atoms with Crippen molar-refractivity contribution in [3.63, 3.8) is 0 Å². The summed E-state index contributed by atoms with van der Waals surface area (Å²) in [5.41, 5.74) is 2.25. The number of nitrogens with one attached hydrogen (secondary N) is 3. The molecule has 3 aromatic carbocycles. The van der Waals surface area contributed by atoms with Gasteiger partial charge in [0.2, 0.25) is 0 Å². The molecule has 11 heteroatoms. The average Bonchev–Trinajstić information content (AvgIpc) is 2.77. The number of anilines is 3. The largest absolute Gasteiger partial charge is 0.495 e. The van der Waals surface area contributed by atoms with Crippen molar-refractivity contribution < 1.29 is 27.9 Å². The van der Waals surface area contributed by atoms with E-state index in [1.165, 1.54) is 19.2 Å². The molecule has 4 N–H and O–H groups in total. The molecule has 0 aliphatic heterocycles. The van der Waals surface area contributed by atoms with Gasteiger partial charge in [-0.3, -0.25) is 15.5 Å². The van der Waals surface area contributed by atoms with Crippen molar-refractivity contribution in [2.24, 2.45) is 0 Å². The van der Waals surface area contributed by atoms with Gasteiger partial charge in [0, 0.05) is 10.5 Å². The predicted molar refractivity (Wildman–Crippen MR) is 119 cm³/mol. The van der Waals surface area contributed by atoms with Gasteiger partial charge in [0.15, 0.2) is 0 Å². The summed E-state index contributed by atoms with van der Waals surface area (Å²) in [5, 5.41) is 11.9. The fourth-order valence-corrected chi connectivity index (χ4v) is 3.61. The van der Waals surface area contributed by atoms with Crippen LogP contribution in [0.5, 0.6) is 5.75 Å².